The summed E-state index contributed by atoms with van der Waals surface area (Å²) in [4.78, 5) is 2.15. The van der Waals surface area contributed by atoms with Crippen molar-refractivity contribution >= 4 is 0 Å². The molecule has 2 rings (SSSR count). The molecule has 0 spiro atoms. The molecule has 1 fully saturated rings. The van der Waals surface area contributed by atoms with Crippen molar-refractivity contribution in [1.29, 1.82) is 0 Å². The van der Waals surface area contributed by atoms with Crippen molar-refractivity contribution in [2.24, 2.45) is 0 Å². The zero-order chi connectivity index (χ0) is 11.4. The summed E-state index contributed by atoms with van der Waals surface area (Å²) in [7, 11) is 0. The minimum Gasteiger partial charge on any atom is -0.390 e. The highest BCUT2D eigenvalue weighted by Gasteiger charge is 2.24. The smallest absolute Gasteiger partial charge is 0.108 e. The zero-order valence-electron chi connectivity index (χ0n) is 9.22. The molecule has 1 saturated heterocycles. The van der Waals surface area contributed by atoms with E-state index in [4.69, 9.17) is 5.11 Å². The Kier molecular flexibility index (Phi) is 3.84. The largest absolute Gasteiger partial charge is 0.390 e. The third-order valence-electron chi connectivity index (χ3n) is 3.02. The van der Waals surface area contributed by atoms with Gasteiger partial charge in [-0.25, -0.2) is 4.39 Å². The maximum Gasteiger partial charge on any atom is 0.108 e. The first-order chi connectivity index (χ1) is 7.83. The Balaban J connectivity index is 1.92. The molecule has 1 aliphatic rings. The Morgan fingerprint density at radius 2 is 2.44 bits per heavy atom. The molecule has 1 aliphatic heterocycles. The van der Waals surface area contributed by atoms with E-state index in [0.717, 1.165) is 25.9 Å². The highest BCUT2D eigenvalue weighted by atomic mass is 19.1. The molecular formula is C10H17FN4O. The summed E-state index contributed by atoms with van der Waals surface area (Å²) < 4.78 is 14.0. The van der Waals surface area contributed by atoms with Gasteiger partial charge in [0, 0.05) is 12.6 Å². The van der Waals surface area contributed by atoms with E-state index in [0.29, 0.717) is 18.3 Å². The number of rotatable bonds is 5. The second kappa shape index (κ2) is 5.36. The molecular weight excluding hydrogens is 211 g/mol. The second-order valence-electron chi connectivity index (χ2n) is 4.11. The van der Waals surface area contributed by atoms with Gasteiger partial charge < -0.3 is 5.11 Å². The number of nitrogens with zero attached hydrogens (tertiary/aromatic N) is 4. The fourth-order valence-corrected chi connectivity index (χ4v) is 2.22. The lowest BCUT2D eigenvalue weighted by atomic mass is 10.2. The fourth-order valence-electron chi connectivity index (χ4n) is 2.22. The molecule has 0 bridgehead atoms. The number of aliphatic hydroxyl groups is 1. The van der Waals surface area contributed by atoms with Gasteiger partial charge in [0.05, 0.1) is 19.3 Å². The monoisotopic (exact) mass is 228 g/mol. The van der Waals surface area contributed by atoms with E-state index in [1.807, 2.05) is 0 Å². The molecule has 0 unspecified atom stereocenters. The summed E-state index contributed by atoms with van der Waals surface area (Å²) in [5.74, 6) is 0. The summed E-state index contributed by atoms with van der Waals surface area (Å²) in [5, 5.41) is 16.6. The molecule has 1 N–H and O–H groups in total. The van der Waals surface area contributed by atoms with Gasteiger partial charge in [-0.05, 0) is 19.4 Å². The summed E-state index contributed by atoms with van der Waals surface area (Å²) in [6.45, 7) is 1.82. The minimum atomic E-state index is -0.296. The Bertz CT molecular complexity index is 330. The molecule has 0 amide bonds. The van der Waals surface area contributed by atoms with Crippen LogP contribution >= 0.6 is 0 Å². The topological polar surface area (TPSA) is 54.2 Å². The quantitative estimate of drug-likeness (QED) is 0.782. The van der Waals surface area contributed by atoms with Crippen LogP contribution in [0.3, 0.4) is 0 Å². The van der Waals surface area contributed by atoms with E-state index in [2.05, 4.69) is 15.2 Å². The molecule has 1 atom stereocenters. The lowest BCUT2D eigenvalue weighted by molar-refractivity contribution is 0.208. The lowest BCUT2D eigenvalue weighted by Gasteiger charge is -2.22. The van der Waals surface area contributed by atoms with Crippen LogP contribution in [0.25, 0.3) is 0 Å². The molecule has 0 saturated carbocycles. The van der Waals surface area contributed by atoms with Gasteiger partial charge in [0.15, 0.2) is 0 Å². The molecule has 1 aromatic heterocycles. The van der Waals surface area contributed by atoms with Gasteiger partial charge in [-0.2, -0.15) is 0 Å². The summed E-state index contributed by atoms with van der Waals surface area (Å²) in [5.41, 5.74) is 0.579. The van der Waals surface area contributed by atoms with Crippen LogP contribution < -0.4 is 0 Å². The van der Waals surface area contributed by atoms with Crippen LogP contribution in [-0.4, -0.2) is 50.8 Å². The summed E-state index contributed by atoms with van der Waals surface area (Å²) in [6, 6.07) is 0.351. The van der Waals surface area contributed by atoms with Crippen molar-refractivity contribution in [3.8, 4) is 0 Å². The zero-order valence-corrected chi connectivity index (χ0v) is 9.22. The van der Waals surface area contributed by atoms with Crippen LogP contribution in [-0.2, 0) is 13.2 Å². The maximum absolute atomic E-state index is 12.3. The highest BCUT2D eigenvalue weighted by Crippen LogP contribution is 2.18. The van der Waals surface area contributed by atoms with Gasteiger partial charge in [-0.15, -0.1) is 5.10 Å². The first-order valence-electron chi connectivity index (χ1n) is 5.63. The molecule has 2 heterocycles. The van der Waals surface area contributed by atoms with Crippen molar-refractivity contribution < 1.29 is 9.50 Å². The Labute approximate surface area is 93.9 Å². The van der Waals surface area contributed by atoms with Gasteiger partial charge in [-0.1, -0.05) is 5.21 Å². The normalized spacial score (nSPS) is 21.8. The molecule has 0 aromatic carbocycles. The SMILES string of the molecule is OCc1cn(C[C@@H]2CCCN2CCF)nn1. The standard InChI is InChI=1S/C10H17FN4O/c11-3-5-14-4-1-2-10(14)7-15-6-9(8-16)12-13-15/h6,10,16H,1-5,7-8H2/t10-/m0/s1. The van der Waals surface area contributed by atoms with Crippen molar-refractivity contribution in [1.82, 2.24) is 19.9 Å². The number of aliphatic hydroxyl groups excluding tert-OH is 1. The van der Waals surface area contributed by atoms with Crippen LogP contribution in [0.4, 0.5) is 4.39 Å². The van der Waals surface area contributed by atoms with Crippen LogP contribution in [0.1, 0.15) is 18.5 Å². The predicted molar refractivity (Wildman–Crippen MR) is 56.5 cm³/mol. The van der Waals surface area contributed by atoms with Crippen LogP contribution in [0.15, 0.2) is 6.20 Å². The number of hydrogen-bond acceptors (Lipinski definition) is 4. The lowest BCUT2D eigenvalue weighted by Crippen LogP contribution is -2.34. The Hall–Kier alpha value is -1.01. The number of halogens is 1. The van der Waals surface area contributed by atoms with E-state index in [9.17, 15) is 4.39 Å². The number of alkyl halides is 1. The number of aromatic nitrogens is 3. The van der Waals surface area contributed by atoms with Crippen LogP contribution in [0.2, 0.25) is 0 Å². The summed E-state index contributed by atoms with van der Waals surface area (Å²) in [6.07, 6.45) is 3.94. The van der Waals surface area contributed by atoms with Gasteiger partial charge in [-0.3, -0.25) is 9.58 Å². The molecule has 90 valence electrons. The van der Waals surface area contributed by atoms with Crippen molar-refractivity contribution in [2.75, 3.05) is 19.8 Å². The Morgan fingerprint density at radius 1 is 1.56 bits per heavy atom. The molecule has 1 aromatic rings. The molecule has 16 heavy (non-hydrogen) atoms. The van der Waals surface area contributed by atoms with Crippen LogP contribution in [0, 0.1) is 0 Å². The fraction of sp³-hybridized carbons (Fsp3) is 0.800. The first-order valence-corrected chi connectivity index (χ1v) is 5.63. The minimum absolute atomic E-state index is 0.0845. The summed E-state index contributed by atoms with van der Waals surface area (Å²) >= 11 is 0. The average Bonchev–Trinajstić information content (AvgIpc) is 2.90. The molecule has 6 heteroatoms. The van der Waals surface area contributed by atoms with E-state index >= 15 is 0 Å². The van der Waals surface area contributed by atoms with E-state index in [1.165, 1.54) is 0 Å². The van der Waals surface area contributed by atoms with Gasteiger partial charge >= 0.3 is 0 Å². The van der Waals surface area contributed by atoms with E-state index < -0.39 is 0 Å². The van der Waals surface area contributed by atoms with E-state index in [1.54, 1.807) is 10.9 Å². The van der Waals surface area contributed by atoms with Crippen molar-refractivity contribution in [3.63, 3.8) is 0 Å². The second-order valence-corrected chi connectivity index (χ2v) is 4.11. The van der Waals surface area contributed by atoms with Gasteiger partial charge in [0.1, 0.15) is 12.4 Å². The number of hydrogen-bond donors (Lipinski definition) is 1. The highest BCUT2D eigenvalue weighted by molar-refractivity contribution is 4.90. The van der Waals surface area contributed by atoms with Gasteiger partial charge in [0.25, 0.3) is 0 Å². The average molecular weight is 228 g/mol. The maximum atomic E-state index is 12.3. The first kappa shape index (κ1) is 11.5. The van der Waals surface area contributed by atoms with Crippen molar-refractivity contribution in [3.05, 3.63) is 11.9 Å². The Morgan fingerprint density at radius 3 is 3.12 bits per heavy atom. The van der Waals surface area contributed by atoms with Gasteiger partial charge in [0.2, 0.25) is 0 Å². The third-order valence-corrected chi connectivity index (χ3v) is 3.02. The van der Waals surface area contributed by atoms with Crippen LogP contribution in [0.5, 0.6) is 0 Å². The number of likely N-dealkylation sites (tertiary alicyclic amines) is 1. The molecule has 5 nitrogen and oxygen atoms in total. The predicted octanol–water partition coefficient (Wildman–Crippen LogP) is 0.204. The third kappa shape index (κ3) is 2.56. The molecule has 0 aliphatic carbocycles. The van der Waals surface area contributed by atoms with E-state index in [-0.39, 0.29) is 13.3 Å². The van der Waals surface area contributed by atoms with Crippen molar-refractivity contribution in [2.45, 2.75) is 32.0 Å². The molecule has 0 radical (unpaired) electrons.